The maximum absolute atomic E-state index is 13.8. The summed E-state index contributed by atoms with van der Waals surface area (Å²) in [5.41, 5.74) is 4.00. The second-order valence-electron chi connectivity index (χ2n) is 8.58. The molecule has 1 aliphatic heterocycles. The van der Waals surface area contributed by atoms with E-state index in [0.717, 1.165) is 27.8 Å². The lowest BCUT2D eigenvalue weighted by Crippen LogP contribution is -2.44. The highest BCUT2D eigenvalue weighted by molar-refractivity contribution is 6.05. The zero-order chi connectivity index (χ0) is 23.8. The highest BCUT2D eigenvalue weighted by Crippen LogP contribution is 2.44. The molecule has 0 radical (unpaired) electrons. The predicted molar refractivity (Wildman–Crippen MR) is 133 cm³/mol. The highest BCUT2D eigenvalue weighted by Gasteiger charge is 2.43. The molecule has 2 heterocycles. The molecule has 6 nitrogen and oxygen atoms in total. The Hall–Kier alpha value is -4.06. The van der Waals surface area contributed by atoms with Gasteiger partial charge in [-0.3, -0.25) is 9.59 Å². The van der Waals surface area contributed by atoms with Gasteiger partial charge in [-0.1, -0.05) is 36.4 Å². The molecule has 2 amide bonds. The third kappa shape index (κ3) is 3.61. The van der Waals surface area contributed by atoms with Crippen molar-refractivity contribution in [3.63, 3.8) is 0 Å². The Kier molecular flexibility index (Phi) is 5.57. The smallest absolute Gasteiger partial charge is 0.254 e. The van der Waals surface area contributed by atoms with E-state index < -0.39 is 12.0 Å². The number of benzene rings is 3. The fourth-order valence-corrected chi connectivity index (χ4v) is 4.98. The van der Waals surface area contributed by atoms with Gasteiger partial charge in [0.2, 0.25) is 5.91 Å². The van der Waals surface area contributed by atoms with Gasteiger partial charge in [-0.05, 0) is 48.9 Å². The number of hydrogen-bond donors (Lipinski definition) is 1. The molecule has 172 valence electrons. The largest absolute Gasteiger partial charge is 0.494 e. The van der Waals surface area contributed by atoms with Gasteiger partial charge < -0.3 is 19.5 Å². The third-order valence-electron chi connectivity index (χ3n) is 6.54. The minimum atomic E-state index is -0.573. The van der Waals surface area contributed by atoms with Crippen LogP contribution in [0.3, 0.4) is 0 Å². The summed E-state index contributed by atoms with van der Waals surface area (Å²) in [6.07, 6.45) is 2.03. The molecule has 0 bridgehead atoms. The normalized spacial score (nSPS) is 17.5. The van der Waals surface area contributed by atoms with E-state index in [1.165, 1.54) is 0 Å². The number of hydrogen-bond acceptors (Lipinski definition) is 3. The standard InChI is InChI=1S/C28H27N3O3/c1-4-34-19-15-13-18(14-16-19)29-27(32)25-21-10-5-6-11-22(21)28(33)31(3)26(25)23-17-30(2)24-12-8-7-9-20(23)24/h5-17,25-26H,4H2,1-3H3,(H,29,32)/t25-,26+/m1/s1. The molecule has 0 unspecified atom stereocenters. The van der Waals surface area contributed by atoms with Gasteiger partial charge in [0.15, 0.2) is 0 Å². The first kappa shape index (κ1) is 21.8. The first-order chi connectivity index (χ1) is 16.5. The minimum Gasteiger partial charge on any atom is -0.494 e. The molecular formula is C28H27N3O3. The molecule has 0 fully saturated rings. The number of carbonyl (C=O) groups is 2. The summed E-state index contributed by atoms with van der Waals surface area (Å²) >= 11 is 0. The average Bonchev–Trinajstić information content (AvgIpc) is 3.18. The lowest BCUT2D eigenvalue weighted by molar-refractivity contribution is -0.119. The maximum Gasteiger partial charge on any atom is 0.254 e. The number of aryl methyl sites for hydroxylation is 1. The number of amides is 2. The first-order valence-electron chi connectivity index (χ1n) is 11.4. The van der Waals surface area contributed by atoms with Crippen molar-refractivity contribution in [2.45, 2.75) is 18.9 Å². The summed E-state index contributed by atoms with van der Waals surface area (Å²) in [7, 11) is 3.77. The zero-order valence-electron chi connectivity index (χ0n) is 19.5. The number of nitrogens with zero attached hydrogens (tertiary/aromatic N) is 2. The van der Waals surface area contributed by atoms with E-state index in [4.69, 9.17) is 4.74 Å². The Labute approximate surface area is 198 Å². The highest BCUT2D eigenvalue weighted by atomic mass is 16.5. The quantitative estimate of drug-likeness (QED) is 0.456. The van der Waals surface area contributed by atoms with Crippen molar-refractivity contribution >= 4 is 28.4 Å². The van der Waals surface area contributed by atoms with Gasteiger partial charge in [0.05, 0.1) is 18.6 Å². The van der Waals surface area contributed by atoms with Gasteiger partial charge in [-0.15, -0.1) is 0 Å². The molecule has 5 rings (SSSR count). The number of ether oxygens (including phenoxy) is 1. The SMILES string of the molecule is CCOc1ccc(NC(=O)[C@@H]2c3ccccc3C(=O)N(C)[C@H]2c2cn(C)c3ccccc23)cc1. The number of anilines is 1. The van der Waals surface area contributed by atoms with Gasteiger partial charge in [0.25, 0.3) is 5.91 Å². The van der Waals surface area contributed by atoms with Crippen LogP contribution < -0.4 is 10.1 Å². The summed E-state index contributed by atoms with van der Waals surface area (Å²) in [4.78, 5) is 28.9. The molecule has 34 heavy (non-hydrogen) atoms. The molecule has 6 heteroatoms. The topological polar surface area (TPSA) is 63.6 Å². The van der Waals surface area contributed by atoms with Crippen molar-refractivity contribution in [3.8, 4) is 5.75 Å². The lowest BCUT2D eigenvalue weighted by atomic mass is 9.79. The Morgan fingerprint density at radius 3 is 2.41 bits per heavy atom. The second kappa shape index (κ2) is 8.71. The molecule has 1 aliphatic rings. The van der Waals surface area contributed by atoms with Gasteiger partial charge in [-0.25, -0.2) is 0 Å². The van der Waals surface area contributed by atoms with Crippen LogP contribution in [0.15, 0.2) is 79.0 Å². The number of fused-ring (bicyclic) bond motifs is 2. The van der Waals surface area contributed by atoms with Gasteiger partial charge in [0.1, 0.15) is 5.75 Å². The van der Waals surface area contributed by atoms with Crippen LogP contribution in [-0.2, 0) is 11.8 Å². The van der Waals surface area contributed by atoms with Crippen LogP contribution in [0.25, 0.3) is 10.9 Å². The molecule has 1 N–H and O–H groups in total. The zero-order valence-corrected chi connectivity index (χ0v) is 19.5. The van der Waals surface area contributed by atoms with Gasteiger partial charge in [0, 0.05) is 48.0 Å². The van der Waals surface area contributed by atoms with Crippen molar-refractivity contribution in [2.24, 2.45) is 7.05 Å². The summed E-state index contributed by atoms with van der Waals surface area (Å²) < 4.78 is 7.56. The van der Waals surface area contributed by atoms with E-state index in [2.05, 4.69) is 5.32 Å². The lowest BCUT2D eigenvalue weighted by Gasteiger charge is -2.39. The second-order valence-corrected chi connectivity index (χ2v) is 8.58. The summed E-state index contributed by atoms with van der Waals surface area (Å²) in [5, 5.41) is 4.11. The Balaban J connectivity index is 1.60. The van der Waals surface area contributed by atoms with Crippen LogP contribution in [-0.4, -0.2) is 34.9 Å². The van der Waals surface area contributed by atoms with E-state index in [1.54, 1.807) is 18.0 Å². The molecule has 1 aromatic heterocycles. The van der Waals surface area contributed by atoms with E-state index in [9.17, 15) is 9.59 Å². The minimum absolute atomic E-state index is 0.0846. The molecule has 0 spiro atoms. The van der Waals surface area contributed by atoms with Gasteiger partial charge >= 0.3 is 0 Å². The first-order valence-corrected chi connectivity index (χ1v) is 11.4. The molecule has 0 saturated carbocycles. The fourth-order valence-electron chi connectivity index (χ4n) is 4.98. The van der Waals surface area contributed by atoms with E-state index >= 15 is 0 Å². The van der Waals surface area contributed by atoms with Crippen molar-refractivity contribution in [1.29, 1.82) is 0 Å². The van der Waals surface area contributed by atoms with Crippen molar-refractivity contribution in [1.82, 2.24) is 9.47 Å². The summed E-state index contributed by atoms with van der Waals surface area (Å²) in [5.74, 6) is -0.0636. The monoisotopic (exact) mass is 453 g/mol. The number of aromatic nitrogens is 1. The summed E-state index contributed by atoms with van der Waals surface area (Å²) in [6, 6.07) is 22.4. The van der Waals surface area contributed by atoms with Gasteiger partial charge in [-0.2, -0.15) is 0 Å². The fraction of sp³-hybridized carbons (Fsp3) is 0.214. The van der Waals surface area contributed by atoms with Crippen LogP contribution in [0, 0.1) is 0 Å². The van der Waals surface area contributed by atoms with Crippen molar-refractivity contribution < 1.29 is 14.3 Å². The van der Waals surface area contributed by atoms with Crippen molar-refractivity contribution in [2.75, 3.05) is 19.0 Å². The Morgan fingerprint density at radius 2 is 1.65 bits per heavy atom. The van der Waals surface area contributed by atoms with Crippen LogP contribution in [0.1, 0.15) is 40.4 Å². The van der Waals surface area contributed by atoms with Crippen LogP contribution in [0.5, 0.6) is 5.75 Å². The average molecular weight is 454 g/mol. The maximum atomic E-state index is 13.8. The number of likely N-dealkylation sites (N-methyl/N-ethyl adjacent to an activating group) is 1. The van der Waals surface area contributed by atoms with Crippen molar-refractivity contribution in [3.05, 3.63) is 95.7 Å². The molecule has 0 aliphatic carbocycles. The molecule has 3 aromatic carbocycles. The van der Waals surface area contributed by atoms with E-state index in [-0.39, 0.29) is 11.8 Å². The predicted octanol–water partition coefficient (Wildman–Crippen LogP) is 5.13. The van der Waals surface area contributed by atoms with Crippen LogP contribution >= 0.6 is 0 Å². The third-order valence-corrected chi connectivity index (χ3v) is 6.54. The molecular weight excluding hydrogens is 426 g/mol. The Morgan fingerprint density at radius 1 is 0.941 bits per heavy atom. The van der Waals surface area contributed by atoms with E-state index in [1.807, 2.05) is 91.5 Å². The molecule has 0 saturated heterocycles. The van der Waals surface area contributed by atoms with E-state index in [0.29, 0.717) is 17.9 Å². The number of carbonyl (C=O) groups excluding carboxylic acids is 2. The summed E-state index contributed by atoms with van der Waals surface area (Å²) in [6.45, 7) is 2.51. The Bertz CT molecular complexity index is 1370. The number of rotatable bonds is 5. The number of nitrogens with one attached hydrogen (secondary N) is 1. The van der Waals surface area contributed by atoms with Crippen LogP contribution in [0.2, 0.25) is 0 Å². The molecule has 2 atom stereocenters. The molecule has 4 aromatic rings. The van der Waals surface area contributed by atoms with Crippen LogP contribution in [0.4, 0.5) is 5.69 Å². The number of para-hydroxylation sites is 1.